The number of hydrogen-bond acceptors (Lipinski definition) is 6. The van der Waals surface area contributed by atoms with Gasteiger partial charge in [-0.05, 0) is 41.5 Å². The summed E-state index contributed by atoms with van der Waals surface area (Å²) in [5.74, 6) is 0.623. The van der Waals surface area contributed by atoms with Crippen LogP contribution in [0, 0.1) is 0 Å². The first-order chi connectivity index (χ1) is 15.7. The maximum absolute atomic E-state index is 11.7. The van der Waals surface area contributed by atoms with Crippen LogP contribution in [0.15, 0.2) is 85.5 Å². The Morgan fingerprint density at radius 1 is 0.812 bits per heavy atom. The smallest absolute Gasteiger partial charge is 0.213 e. The molecule has 0 aromatic carbocycles. The molecule has 0 amide bonds. The monoisotopic (exact) mass is 445 g/mol. The molecule has 0 aliphatic rings. The van der Waals surface area contributed by atoms with E-state index < -0.39 is 11.0 Å². The number of nitrogens with zero attached hydrogens (tertiary/aromatic N) is 4. The molecule has 4 aromatic heterocycles. The fourth-order valence-corrected chi connectivity index (χ4v) is 4.14. The lowest BCUT2D eigenvalue weighted by Crippen LogP contribution is -2.18. The highest BCUT2D eigenvalue weighted by Gasteiger charge is 2.31. The molecule has 2 atom stereocenters. The Morgan fingerprint density at radius 2 is 1.44 bits per heavy atom. The molecule has 162 valence electrons. The predicted octanol–water partition coefficient (Wildman–Crippen LogP) is 3.94. The van der Waals surface area contributed by atoms with E-state index >= 15 is 0 Å². The molecule has 32 heavy (non-hydrogen) atoms. The Balaban J connectivity index is 1.93. The third-order valence-electron chi connectivity index (χ3n) is 5.03. The van der Waals surface area contributed by atoms with Gasteiger partial charge in [0.05, 0.1) is 24.4 Å². The van der Waals surface area contributed by atoms with Gasteiger partial charge >= 0.3 is 0 Å². The molecular formula is C24H23N5O2S. The zero-order valence-electron chi connectivity index (χ0n) is 17.8. The first-order valence-corrected chi connectivity index (χ1v) is 11.6. The fraction of sp³-hybridized carbons (Fsp3) is 0.167. The van der Waals surface area contributed by atoms with Crippen LogP contribution in [0.4, 0.5) is 5.82 Å². The predicted molar refractivity (Wildman–Crippen MR) is 125 cm³/mol. The molecule has 0 fully saturated rings. The Morgan fingerprint density at radius 3 is 2.00 bits per heavy atom. The van der Waals surface area contributed by atoms with Crippen molar-refractivity contribution in [2.45, 2.75) is 11.8 Å². The van der Waals surface area contributed by atoms with E-state index in [1.54, 1.807) is 31.8 Å². The van der Waals surface area contributed by atoms with Gasteiger partial charge in [-0.2, -0.15) is 0 Å². The molecule has 0 aliphatic heterocycles. The molecule has 2 unspecified atom stereocenters. The quantitative estimate of drug-likeness (QED) is 0.442. The third-order valence-corrected chi connectivity index (χ3v) is 5.53. The lowest BCUT2D eigenvalue weighted by Gasteiger charge is -2.27. The summed E-state index contributed by atoms with van der Waals surface area (Å²) in [5, 5.41) is 0. The summed E-state index contributed by atoms with van der Waals surface area (Å²) in [6.45, 7) is 0. The number of methoxy groups -OCH3 is 1. The molecule has 0 bridgehead atoms. The number of nitrogens with one attached hydrogen (secondary N) is 1. The second-order valence-corrected chi connectivity index (χ2v) is 8.25. The first-order valence-electron chi connectivity index (χ1n) is 10.0. The normalized spacial score (nSPS) is 12.8. The zero-order valence-corrected chi connectivity index (χ0v) is 18.6. The Kier molecular flexibility index (Phi) is 6.81. The van der Waals surface area contributed by atoms with Gasteiger partial charge in [-0.1, -0.05) is 24.3 Å². The highest BCUT2D eigenvalue weighted by atomic mass is 32.2. The van der Waals surface area contributed by atoms with Gasteiger partial charge in [-0.3, -0.25) is 14.7 Å². The number of ether oxygens (including phenoxy) is 1. The van der Waals surface area contributed by atoms with Gasteiger partial charge in [-0.15, -0.1) is 0 Å². The molecular weight excluding hydrogens is 422 g/mol. The maximum Gasteiger partial charge on any atom is 0.213 e. The van der Waals surface area contributed by atoms with Crippen LogP contribution < -0.4 is 9.46 Å². The summed E-state index contributed by atoms with van der Waals surface area (Å²) in [6.07, 6.45) is 8.79. The third kappa shape index (κ3) is 4.97. The van der Waals surface area contributed by atoms with Crippen LogP contribution >= 0.6 is 0 Å². The van der Waals surface area contributed by atoms with E-state index in [0.717, 1.165) is 22.5 Å². The molecule has 0 radical (unpaired) electrons. The van der Waals surface area contributed by atoms with E-state index in [0.29, 0.717) is 11.7 Å². The average molecular weight is 446 g/mol. The van der Waals surface area contributed by atoms with Crippen molar-refractivity contribution in [3.63, 3.8) is 0 Å². The summed E-state index contributed by atoms with van der Waals surface area (Å²) < 4.78 is 20.0. The Labute approximate surface area is 189 Å². The molecule has 4 heterocycles. The Hall–Kier alpha value is -3.65. The minimum Gasteiger partial charge on any atom is -0.481 e. The highest BCUT2D eigenvalue weighted by Crippen LogP contribution is 2.41. The molecule has 1 N–H and O–H groups in total. The lowest BCUT2D eigenvalue weighted by atomic mass is 9.78. The van der Waals surface area contributed by atoms with Gasteiger partial charge in [0, 0.05) is 43.0 Å². The number of pyridine rings is 4. The second kappa shape index (κ2) is 10.1. The van der Waals surface area contributed by atoms with E-state index in [9.17, 15) is 4.21 Å². The van der Waals surface area contributed by atoms with Crippen molar-refractivity contribution in [3.8, 4) is 5.88 Å². The van der Waals surface area contributed by atoms with Crippen molar-refractivity contribution in [3.05, 3.63) is 108 Å². The van der Waals surface area contributed by atoms with Crippen LogP contribution in [0.25, 0.3) is 0 Å². The van der Waals surface area contributed by atoms with Gasteiger partial charge in [0.1, 0.15) is 16.8 Å². The Bertz CT molecular complexity index is 1150. The van der Waals surface area contributed by atoms with E-state index in [2.05, 4.69) is 14.7 Å². The zero-order chi connectivity index (χ0) is 22.3. The van der Waals surface area contributed by atoms with Gasteiger partial charge in [0.15, 0.2) is 0 Å². The summed E-state index contributed by atoms with van der Waals surface area (Å²) in [5.41, 5.74) is 3.59. The van der Waals surface area contributed by atoms with Crippen molar-refractivity contribution >= 4 is 16.8 Å². The maximum atomic E-state index is 11.7. The molecule has 8 heteroatoms. The summed E-state index contributed by atoms with van der Waals surface area (Å²) in [7, 11) is 0.359. The van der Waals surface area contributed by atoms with Crippen molar-refractivity contribution < 1.29 is 8.95 Å². The number of rotatable bonds is 8. The largest absolute Gasteiger partial charge is 0.481 e. The minimum absolute atomic E-state index is 0.160. The van der Waals surface area contributed by atoms with Gasteiger partial charge in [0.25, 0.3) is 0 Å². The van der Waals surface area contributed by atoms with Crippen molar-refractivity contribution in [2.24, 2.45) is 0 Å². The van der Waals surface area contributed by atoms with Crippen molar-refractivity contribution in [2.75, 3.05) is 18.1 Å². The van der Waals surface area contributed by atoms with Gasteiger partial charge < -0.3 is 4.74 Å². The van der Waals surface area contributed by atoms with Crippen LogP contribution in [0.2, 0.25) is 0 Å². The standard InChI is InChI=1S/C24H23N5O2S/c1-31-22-12-4-10-20(28-22)24(19-9-3-11-21(27-19)29-32(2)30)23(17-7-5-13-25-15-17)18-8-6-14-26-16-18/h3-16,23-24H,1-2H3,(H,27,29). The number of anilines is 1. The molecule has 0 spiro atoms. The molecule has 0 saturated carbocycles. The lowest BCUT2D eigenvalue weighted by molar-refractivity contribution is 0.395. The molecule has 4 rings (SSSR count). The van der Waals surface area contributed by atoms with Crippen LogP contribution in [-0.4, -0.2) is 37.5 Å². The number of aromatic nitrogens is 4. The summed E-state index contributed by atoms with van der Waals surface area (Å²) >= 11 is 0. The molecule has 7 nitrogen and oxygen atoms in total. The van der Waals surface area contributed by atoms with E-state index in [-0.39, 0.29) is 11.8 Å². The van der Waals surface area contributed by atoms with Crippen LogP contribution in [0.3, 0.4) is 0 Å². The van der Waals surface area contributed by atoms with E-state index in [1.807, 2.05) is 67.0 Å². The minimum atomic E-state index is -1.24. The first kappa shape index (κ1) is 21.6. The second-order valence-electron chi connectivity index (χ2n) is 7.14. The molecule has 0 aliphatic carbocycles. The SMILES string of the molecule is COc1cccc(C(c2cccc(NS(C)=O)n2)C(c2cccnc2)c2cccnc2)n1. The molecule has 0 saturated heterocycles. The van der Waals surface area contributed by atoms with Crippen LogP contribution in [0.5, 0.6) is 5.88 Å². The van der Waals surface area contributed by atoms with E-state index in [4.69, 9.17) is 14.7 Å². The molecule has 4 aromatic rings. The fourth-order valence-electron chi connectivity index (χ4n) is 3.74. The highest BCUT2D eigenvalue weighted by molar-refractivity contribution is 7.85. The van der Waals surface area contributed by atoms with Crippen LogP contribution in [0.1, 0.15) is 34.4 Å². The topological polar surface area (TPSA) is 89.9 Å². The van der Waals surface area contributed by atoms with Gasteiger partial charge in [0.2, 0.25) is 5.88 Å². The van der Waals surface area contributed by atoms with Gasteiger partial charge in [-0.25, -0.2) is 14.2 Å². The van der Waals surface area contributed by atoms with Crippen molar-refractivity contribution in [1.29, 1.82) is 0 Å². The average Bonchev–Trinajstić information content (AvgIpc) is 2.83. The summed E-state index contributed by atoms with van der Waals surface area (Å²) in [4.78, 5) is 18.2. The van der Waals surface area contributed by atoms with E-state index in [1.165, 1.54) is 0 Å². The summed E-state index contributed by atoms with van der Waals surface area (Å²) in [6, 6.07) is 19.3. The van der Waals surface area contributed by atoms with Crippen LogP contribution in [-0.2, 0) is 11.0 Å². The number of hydrogen-bond donors (Lipinski definition) is 1. The van der Waals surface area contributed by atoms with Crippen molar-refractivity contribution in [1.82, 2.24) is 19.9 Å².